The van der Waals surface area contributed by atoms with Crippen molar-refractivity contribution in [2.24, 2.45) is 0 Å². The van der Waals surface area contributed by atoms with Gasteiger partial charge in [0.15, 0.2) is 5.75 Å². The molecule has 0 atom stereocenters. The normalized spacial score (nSPS) is 10.3. The largest absolute Gasteiger partial charge is 0.497 e. The Morgan fingerprint density at radius 2 is 2.20 bits per heavy atom. The maximum Gasteiger partial charge on any atom is 0.313 e. The summed E-state index contributed by atoms with van der Waals surface area (Å²) in [5.74, 6) is 1.02. The summed E-state index contributed by atoms with van der Waals surface area (Å²) in [6, 6.07) is 4.98. The van der Waals surface area contributed by atoms with Crippen LogP contribution in [0.2, 0.25) is 0 Å². The molecule has 2 N–H and O–H groups in total. The second-order valence-corrected chi connectivity index (χ2v) is 4.24. The van der Waals surface area contributed by atoms with Crippen LogP contribution in [0.25, 0.3) is 0 Å². The van der Waals surface area contributed by atoms with E-state index in [0.29, 0.717) is 23.7 Å². The fourth-order valence-electron chi connectivity index (χ4n) is 1.76. The number of ether oxygens (including phenoxy) is 2. The summed E-state index contributed by atoms with van der Waals surface area (Å²) < 4.78 is 12.1. The Bertz CT molecular complexity index is 652. The van der Waals surface area contributed by atoms with E-state index in [1.54, 1.807) is 36.1 Å². The number of aryl methyl sites for hydroxylation is 1. The van der Waals surface area contributed by atoms with E-state index >= 15 is 0 Å². The predicted molar refractivity (Wildman–Crippen MR) is 76.3 cm³/mol. The lowest BCUT2D eigenvalue weighted by Crippen LogP contribution is -2.21. The number of methoxy groups -OCH3 is 1. The molecular formula is C14H17N3O3. The van der Waals surface area contributed by atoms with Gasteiger partial charge in [0.1, 0.15) is 5.75 Å². The summed E-state index contributed by atoms with van der Waals surface area (Å²) in [4.78, 5) is 16.1. The van der Waals surface area contributed by atoms with Gasteiger partial charge in [-0.05, 0) is 18.6 Å². The van der Waals surface area contributed by atoms with Crippen LogP contribution in [-0.2, 0) is 6.54 Å². The third kappa shape index (κ3) is 2.90. The van der Waals surface area contributed by atoms with Crippen molar-refractivity contribution in [3.63, 3.8) is 0 Å². The fraction of sp³-hybridized carbons (Fsp3) is 0.286. The van der Waals surface area contributed by atoms with Gasteiger partial charge in [-0.15, -0.1) is 0 Å². The van der Waals surface area contributed by atoms with E-state index in [2.05, 4.69) is 4.98 Å². The first-order valence-electron chi connectivity index (χ1n) is 6.32. The zero-order chi connectivity index (χ0) is 14.5. The van der Waals surface area contributed by atoms with Crippen molar-refractivity contribution in [3.8, 4) is 17.4 Å². The first-order chi connectivity index (χ1) is 9.65. The lowest BCUT2D eigenvalue weighted by atomic mass is 10.3. The van der Waals surface area contributed by atoms with Gasteiger partial charge in [-0.3, -0.25) is 4.79 Å². The summed E-state index contributed by atoms with van der Waals surface area (Å²) in [6.07, 6.45) is 4.02. The molecule has 2 aromatic rings. The van der Waals surface area contributed by atoms with Gasteiger partial charge in [0, 0.05) is 25.0 Å². The molecule has 0 radical (unpaired) electrons. The second-order valence-electron chi connectivity index (χ2n) is 4.24. The lowest BCUT2D eigenvalue weighted by Gasteiger charge is -2.10. The van der Waals surface area contributed by atoms with E-state index in [1.165, 1.54) is 6.20 Å². The van der Waals surface area contributed by atoms with Crippen LogP contribution < -0.4 is 20.8 Å². The molecule has 1 aromatic heterocycles. The highest BCUT2D eigenvalue weighted by atomic mass is 16.5. The van der Waals surface area contributed by atoms with Gasteiger partial charge in [-0.2, -0.15) is 0 Å². The molecule has 0 saturated heterocycles. The smallest absolute Gasteiger partial charge is 0.313 e. The van der Waals surface area contributed by atoms with Gasteiger partial charge < -0.3 is 19.8 Å². The topological polar surface area (TPSA) is 79.4 Å². The highest BCUT2D eigenvalue weighted by molar-refractivity contribution is 5.57. The molecule has 0 spiro atoms. The van der Waals surface area contributed by atoms with Crippen LogP contribution >= 0.6 is 0 Å². The number of benzene rings is 1. The Labute approximate surface area is 116 Å². The van der Waals surface area contributed by atoms with E-state index in [-0.39, 0.29) is 11.4 Å². The molecule has 0 bridgehead atoms. The molecule has 0 fully saturated rings. The molecule has 20 heavy (non-hydrogen) atoms. The number of hydrogen-bond donors (Lipinski definition) is 1. The first-order valence-corrected chi connectivity index (χ1v) is 6.32. The maximum absolute atomic E-state index is 12.1. The number of aromatic nitrogens is 2. The van der Waals surface area contributed by atoms with Gasteiger partial charge in [0.05, 0.1) is 12.8 Å². The Kier molecular flexibility index (Phi) is 4.24. The number of anilines is 1. The minimum Gasteiger partial charge on any atom is -0.497 e. The van der Waals surface area contributed by atoms with Crippen molar-refractivity contribution < 1.29 is 9.47 Å². The standard InChI is InChI=1S/C14H17N3O3/c1-3-7-17-8-6-16-13(14(17)18)20-12-5-4-10(19-2)9-11(12)15/h4-6,8-9H,3,7,15H2,1-2H3. The van der Waals surface area contributed by atoms with Crippen molar-refractivity contribution >= 4 is 5.69 Å². The summed E-state index contributed by atoms with van der Waals surface area (Å²) in [5.41, 5.74) is 5.96. The first kappa shape index (κ1) is 13.9. The van der Waals surface area contributed by atoms with Gasteiger partial charge in [-0.1, -0.05) is 6.92 Å². The van der Waals surface area contributed by atoms with Gasteiger partial charge in [0.2, 0.25) is 0 Å². The molecule has 106 valence electrons. The van der Waals surface area contributed by atoms with Crippen LogP contribution in [0.15, 0.2) is 35.4 Å². The summed E-state index contributed by atoms with van der Waals surface area (Å²) in [6.45, 7) is 2.62. The third-order valence-electron chi connectivity index (χ3n) is 2.77. The van der Waals surface area contributed by atoms with Crippen LogP contribution in [0.4, 0.5) is 5.69 Å². The summed E-state index contributed by atoms with van der Waals surface area (Å²) in [5, 5.41) is 0. The second kappa shape index (κ2) is 6.10. The predicted octanol–water partition coefficient (Wildman–Crippen LogP) is 2.04. The monoisotopic (exact) mass is 275 g/mol. The zero-order valence-corrected chi connectivity index (χ0v) is 11.5. The number of rotatable bonds is 5. The maximum atomic E-state index is 12.1. The molecule has 0 aliphatic carbocycles. The number of nitrogen functional groups attached to an aromatic ring is 1. The molecule has 1 aromatic carbocycles. The average molecular weight is 275 g/mol. The van der Waals surface area contributed by atoms with E-state index < -0.39 is 0 Å². The van der Waals surface area contributed by atoms with E-state index in [1.807, 2.05) is 6.92 Å². The van der Waals surface area contributed by atoms with Crippen molar-refractivity contribution in [1.29, 1.82) is 0 Å². The summed E-state index contributed by atoms with van der Waals surface area (Å²) >= 11 is 0. The van der Waals surface area contributed by atoms with Crippen LogP contribution in [0.5, 0.6) is 17.4 Å². The number of hydrogen-bond acceptors (Lipinski definition) is 5. The van der Waals surface area contributed by atoms with Gasteiger partial charge in [0.25, 0.3) is 5.88 Å². The summed E-state index contributed by atoms with van der Waals surface area (Å²) in [7, 11) is 1.55. The van der Waals surface area contributed by atoms with Gasteiger partial charge in [-0.25, -0.2) is 4.98 Å². The van der Waals surface area contributed by atoms with Crippen LogP contribution in [-0.4, -0.2) is 16.7 Å². The average Bonchev–Trinajstić information content (AvgIpc) is 2.45. The Balaban J connectivity index is 2.30. The molecule has 0 aliphatic heterocycles. The zero-order valence-electron chi connectivity index (χ0n) is 11.5. The fourth-order valence-corrected chi connectivity index (χ4v) is 1.76. The molecule has 6 heteroatoms. The Morgan fingerprint density at radius 3 is 2.85 bits per heavy atom. The van der Waals surface area contributed by atoms with Gasteiger partial charge >= 0.3 is 5.56 Å². The highest BCUT2D eigenvalue weighted by Gasteiger charge is 2.09. The molecule has 6 nitrogen and oxygen atoms in total. The van der Waals surface area contributed by atoms with Crippen LogP contribution in [0.1, 0.15) is 13.3 Å². The van der Waals surface area contributed by atoms with Crippen molar-refractivity contribution in [2.45, 2.75) is 19.9 Å². The molecule has 0 aliphatic rings. The number of nitrogens with two attached hydrogens (primary N) is 1. The molecule has 1 heterocycles. The number of nitrogens with zero attached hydrogens (tertiary/aromatic N) is 2. The van der Waals surface area contributed by atoms with Crippen molar-refractivity contribution in [3.05, 3.63) is 40.9 Å². The van der Waals surface area contributed by atoms with Crippen molar-refractivity contribution in [1.82, 2.24) is 9.55 Å². The minimum atomic E-state index is -0.274. The van der Waals surface area contributed by atoms with Crippen molar-refractivity contribution in [2.75, 3.05) is 12.8 Å². The van der Waals surface area contributed by atoms with Crippen LogP contribution in [0, 0.1) is 0 Å². The Hall–Kier alpha value is -2.50. The molecular weight excluding hydrogens is 258 g/mol. The minimum absolute atomic E-state index is 0.0119. The van der Waals surface area contributed by atoms with E-state index in [9.17, 15) is 4.79 Å². The quantitative estimate of drug-likeness (QED) is 0.845. The SMILES string of the molecule is CCCn1ccnc(Oc2ccc(OC)cc2N)c1=O. The molecule has 0 saturated carbocycles. The molecule has 2 rings (SSSR count). The highest BCUT2D eigenvalue weighted by Crippen LogP contribution is 2.28. The lowest BCUT2D eigenvalue weighted by molar-refractivity contribution is 0.411. The van der Waals surface area contributed by atoms with E-state index in [0.717, 1.165) is 6.42 Å². The third-order valence-corrected chi connectivity index (χ3v) is 2.77. The van der Waals surface area contributed by atoms with E-state index in [4.69, 9.17) is 15.2 Å². The van der Waals surface area contributed by atoms with Crippen LogP contribution in [0.3, 0.4) is 0 Å². The molecule has 0 amide bonds. The Morgan fingerprint density at radius 1 is 1.40 bits per heavy atom. The molecule has 0 unspecified atom stereocenters.